The maximum atomic E-state index is 8.93. The molecule has 94 valence electrons. The minimum Gasteiger partial charge on any atom is -0.395 e. The van der Waals surface area contributed by atoms with Crippen LogP contribution in [0.2, 0.25) is 0 Å². The number of aliphatic hydroxyl groups excluding tert-OH is 1. The lowest BCUT2D eigenvalue weighted by Gasteiger charge is -2.18. The molecule has 0 saturated carbocycles. The predicted octanol–water partition coefficient (Wildman–Crippen LogP) is 2.57. The molecule has 0 amide bonds. The summed E-state index contributed by atoms with van der Waals surface area (Å²) in [7, 11) is 0. The maximum absolute atomic E-state index is 8.93. The number of hydrogen-bond acceptors (Lipinski definition) is 3. The normalized spacial score (nSPS) is 10.8. The van der Waals surface area contributed by atoms with Gasteiger partial charge in [0.25, 0.3) is 0 Å². The average molecular weight is 251 g/mol. The molecule has 0 atom stereocenters. The van der Waals surface area contributed by atoms with Gasteiger partial charge in [0.15, 0.2) is 0 Å². The van der Waals surface area contributed by atoms with Gasteiger partial charge in [0.05, 0.1) is 6.61 Å². The van der Waals surface area contributed by atoms with E-state index in [4.69, 9.17) is 5.11 Å². The van der Waals surface area contributed by atoms with Gasteiger partial charge in [-0.1, -0.05) is 23.8 Å². The molecule has 1 N–H and O–H groups in total. The van der Waals surface area contributed by atoms with Crippen LogP contribution in [0.25, 0.3) is 0 Å². The molecule has 2 nitrogen and oxygen atoms in total. The third-order valence-electron chi connectivity index (χ3n) is 2.50. The molecule has 3 heteroatoms. The van der Waals surface area contributed by atoms with Gasteiger partial charge in [-0.05, 0) is 19.1 Å². The zero-order valence-corrected chi connectivity index (χ0v) is 11.2. The van der Waals surface area contributed by atoms with Crippen LogP contribution >= 0.6 is 11.8 Å². The zero-order valence-electron chi connectivity index (χ0n) is 10.4. The van der Waals surface area contributed by atoms with E-state index < -0.39 is 0 Å². The van der Waals surface area contributed by atoms with Gasteiger partial charge in [-0.15, -0.1) is 18.3 Å². The van der Waals surface area contributed by atoms with Gasteiger partial charge < -0.3 is 5.11 Å². The Kier molecular flexibility index (Phi) is 7.01. The van der Waals surface area contributed by atoms with Gasteiger partial charge in [0.2, 0.25) is 0 Å². The van der Waals surface area contributed by atoms with Gasteiger partial charge >= 0.3 is 0 Å². The van der Waals surface area contributed by atoms with E-state index in [0.29, 0.717) is 0 Å². The van der Waals surface area contributed by atoms with E-state index in [0.717, 1.165) is 25.4 Å². The van der Waals surface area contributed by atoms with Crippen molar-refractivity contribution in [1.82, 2.24) is 4.90 Å². The van der Waals surface area contributed by atoms with Gasteiger partial charge in [0.1, 0.15) is 0 Å². The van der Waals surface area contributed by atoms with Crippen LogP contribution in [0.1, 0.15) is 5.56 Å². The summed E-state index contributed by atoms with van der Waals surface area (Å²) in [6.07, 6.45) is 1.88. The number of rotatable bonds is 8. The Balaban J connectivity index is 2.29. The van der Waals surface area contributed by atoms with E-state index >= 15 is 0 Å². The molecule has 0 heterocycles. The number of benzene rings is 1. The van der Waals surface area contributed by atoms with Crippen molar-refractivity contribution in [3.05, 3.63) is 42.5 Å². The smallest absolute Gasteiger partial charge is 0.0558 e. The molecule has 0 bridgehead atoms. The highest BCUT2D eigenvalue weighted by Crippen LogP contribution is 2.18. The summed E-state index contributed by atoms with van der Waals surface area (Å²) in [6, 6.07) is 8.59. The maximum Gasteiger partial charge on any atom is 0.0558 e. The van der Waals surface area contributed by atoms with Crippen LogP contribution in [0, 0.1) is 6.92 Å². The Hall–Kier alpha value is -0.770. The summed E-state index contributed by atoms with van der Waals surface area (Å²) >= 11 is 1.85. The highest BCUT2D eigenvalue weighted by Gasteiger charge is 2.02. The summed E-state index contributed by atoms with van der Waals surface area (Å²) in [6.45, 7) is 8.58. The molecule has 1 aromatic carbocycles. The molecule has 0 spiro atoms. The van der Waals surface area contributed by atoms with Crippen LogP contribution in [-0.4, -0.2) is 42.0 Å². The Morgan fingerprint density at radius 3 is 2.59 bits per heavy atom. The van der Waals surface area contributed by atoms with Gasteiger partial charge in [-0.25, -0.2) is 0 Å². The van der Waals surface area contributed by atoms with E-state index in [1.165, 1.54) is 10.5 Å². The van der Waals surface area contributed by atoms with Crippen LogP contribution in [-0.2, 0) is 0 Å². The molecule has 0 aliphatic rings. The average Bonchev–Trinajstić information content (AvgIpc) is 2.32. The number of aryl methyl sites for hydroxylation is 1. The molecule has 0 radical (unpaired) electrons. The molecule has 0 aliphatic heterocycles. The van der Waals surface area contributed by atoms with Crippen LogP contribution in [0.15, 0.2) is 41.8 Å². The molecule has 0 unspecified atom stereocenters. The van der Waals surface area contributed by atoms with Crippen molar-refractivity contribution in [2.75, 3.05) is 32.0 Å². The summed E-state index contributed by atoms with van der Waals surface area (Å²) in [5.41, 5.74) is 1.29. The first-order valence-electron chi connectivity index (χ1n) is 5.90. The largest absolute Gasteiger partial charge is 0.395 e. The first-order valence-corrected chi connectivity index (χ1v) is 6.88. The lowest BCUT2D eigenvalue weighted by Crippen LogP contribution is -2.29. The zero-order chi connectivity index (χ0) is 12.5. The van der Waals surface area contributed by atoms with E-state index in [1.807, 2.05) is 17.8 Å². The molecule has 0 aromatic heterocycles. The fraction of sp³-hybridized carbons (Fsp3) is 0.429. The summed E-state index contributed by atoms with van der Waals surface area (Å²) in [5, 5.41) is 8.93. The number of aliphatic hydroxyl groups is 1. The van der Waals surface area contributed by atoms with Crippen molar-refractivity contribution in [2.24, 2.45) is 0 Å². The minimum atomic E-state index is 0.211. The molecular formula is C14H21NOS. The second-order valence-electron chi connectivity index (χ2n) is 3.97. The van der Waals surface area contributed by atoms with E-state index in [9.17, 15) is 0 Å². The molecular weight excluding hydrogens is 230 g/mol. The summed E-state index contributed by atoms with van der Waals surface area (Å²) in [4.78, 5) is 3.51. The SMILES string of the molecule is C=CCN(CCO)CCSc1ccc(C)cc1. The summed E-state index contributed by atoms with van der Waals surface area (Å²) < 4.78 is 0. The van der Waals surface area contributed by atoms with Crippen molar-refractivity contribution in [3.8, 4) is 0 Å². The molecule has 1 aromatic rings. The second kappa shape index (κ2) is 8.34. The lowest BCUT2D eigenvalue weighted by atomic mass is 10.2. The number of nitrogens with zero attached hydrogens (tertiary/aromatic N) is 1. The quantitative estimate of drug-likeness (QED) is 0.567. The topological polar surface area (TPSA) is 23.5 Å². The van der Waals surface area contributed by atoms with Crippen molar-refractivity contribution in [1.29, 1.82) is 0 Å². The second-order valence-corrected chi connectivity index (χ2v) is 5.14. The van der Waals surface area contributed by atoms with Crippen molar-refractivity contribution >= 4 is 11.8 Å². The highest BCUT2D eigenvalue weighted by atomic mass is 32.2. The van der Waals surface area contributed by atoms with Crippen LogP contribution in [0.4, 0.5) is 0 Å². The Labute approximate surface area is 108 Å². The Bertz CT molecular complexity index is 323. The van der Waals surface area contributed by atoms with Crippen LogP contribution in [0.3, 0.4) is 0 Å². The molecule has 17 heavy (non-hydrogen) atoms. The van der Waals surface area contributed by atoms with Crippen LogP contribution in [0.5, 0.6) is 0 Å². The minimum absolute atomic E-state index is 0.211. The van der Waals surface area contributed by atoms with E-state index in [2.05, 4.69) is 42.7 Å². The monoisotopic (exact) mass is 251 g/mol. The van der Waals surface area contributed by atoms with E-state index in [1.54, 1.807) is 0 Å². The van der Waals surface area contributed by atoms with Gasteiger partial charge in [0, 0.05) is 30.3 Å². The Morgan fingerprint density at radius 2 is 2.00 bits per heavy atom. The highest BCUT2D eigenvalue weighted by molar-refractivity contribution is 7.99. The Morgan fingerprint density at radius 1 is 1.29 bits per heavy atom. The number of thioether (sulfide) groups is 1. The third kappa shape index (κ3) is 5.91. The van der Waals surface area contributed by atoms with Crippen LogP contribution < -0.4 is 0 Å². The lowest BCUT2D eigenvalue weighted by molar-refractivity contribution is 0.215. The fourth-order valence-corrected chi connectivity index (χ4v) is 2.46. The molecule has 0 saturated heterocycles. The van der Waals surface area contributed by atoms with Gasteiger partial charge in [-0.3, -0.25) is 4.90 Å². The molecule has 0 aliphatic carbocycles. The first-order chi connectivity index (χ1) is 8.26. The van der Waals surface area contributed by atoms with Crippen molar-refractivity contribution in [2.45, 2.75) is 11.8 Å². The molecule has 0 fully saturated rings. The van der Waals surface area contributed by atoms with E-state index in [-0.39, 0.29) is 6.61 Å². The molecule has 1 rings (SSSR count). The standard InChI is InChI=1S/C14H21NOS/c1-3-8-15(9-11-16)10-12-17-14-6-4-13(2)5-7-14/h3-7,16H,1,8-12H2,2H3. The van der Waals surface area contributed by atoms with Crippen molar-refractivity contribution < 1.29 is 5.11 Å². The first kappa shape index (κ1) is 14.3. The van der Waals surface area contributed by atoms with Gasteiger partial charge in [-0.2, -0.15) is 0 Å². The summed E-state index contributed by atoms with van der Waals surface area (Å²) in [5.74, 6) is 1.04. The van der Waals surface area contributed by atoms with Crippen molar-refractivity contribution in [3.63, 3.8) is 0 Å². The fourth-order valence-electron chi connectivity index (χ4n) is 1.55. The third-order valence-corrected chi connectivity index (χ3v) is 3.49. The predicted molar refractivity (Wildman–Crippen MR) is 75.6 cm³/mol. The number of hydrogen-bond donors (Lipinski definition) is 1.